The zero-order valence-electron chi connectivity index (χ0n) is 20.3. The van der Waals surface area contributed by atoms with Crippen LogP contribution in [0.15, 0.2) is 85.7 Å². The van der Waals surface area contributed by atoms with Gasteiger partial charge in [0.15, 0.2) is 5.82 Å². The molecule has 184 valence electrons. The van der Waals surface area contributed by atoms with E-state index in [1.807, 2.05) is 31.2 Å². The van der Waals surface area contributed by atoms with Gasteiger partial charge in [0, 0.05) is 60.4 Å². The van der Waals surface area contributed by atoms with Crippen LogP contribution in [0.3, 0.4) is 0 Å². The topological polar surface area (TPSA) is 142 Å². The first kappa shape index (κ1) is 24.1. The molecule has 10 nitrogen and oxygen atoms in total. The fourth-order valence-electron chi connectivity index (χ4n) is 3.63. The Kier molecular flexibility index (Phi) is 7.00. The van der Waals surface area contributed by atoms with E-state index in [4.69, 9.17) is 5.26 Å². The van der Waals surface area contributed by atoms with Gasteiger partial charge in [-0.05, 0) is 48.9 Å². The molecule has 5 heterocycles. The Balaban J connectivity index is 1.23. The van der Waals surface area contributed by atoms with Crippen LogP contribution in [0.25, 0.3) is 22.6 Å². The number of amides is 1. The second-order valence-corrected chi connectivity index (χ2v) is 8.33. The average molecular weight is 500 g/mol. The molecular weight excluding hydrogens is 478 g/mol. The fraction of sp³-hybridized carbons (Fsp3) is 0.0714. The molecule has 0 aliphatic rings. The van der Waals surface area contributed by atoms with Crippen molar-refractivity contribution in [3.63, 3.8) is 0 Å². The van der Waals surface area contributed by atoms with Crippen LogP contribution in [-0.2, 0) is 6.54 Å². The number of carbonyl (C=O) groups is 1. The highest BCUT2D eigenvalue weighted by Gasteiger charge is 2.11. The van der Waals surface area contributed by atoms with Gasteiger partial charge in [0.05, 0.1) is 23.1 Å². The van der Waals surface area contributed by atoms with Crippen molar-refractivity contribution in [2.45, 2.75) is 13.5 Å². The van der Waals surface area contributed by atoms with Crippen LogP contribution in [0.5, 0.6) is 0 Å². The maximum atomic E-state index is 12.6. The van der Waals surface area contributed by atoms with Crippen molar-refractivity contribution in [2.75, 3.05) is 5.32 Å². The third-order valence-corrected chi connectivity index (χ3v) is 5.48. The Morgan fingerprint density at radius 2 is 1.84 bits per heavy atom. The van der Waals surface area contributed by atoms with Crippen molar-refractivity contribution in [2.24, 2.45) is 0 Å². The minimum Gasteiger partial charge on any atom is -0.347 e. The number of nitrogens with one attached hydrogen (secondary N) is 2. The predicted molar refractivity (Wildman–Crippen MR) is 141 cm³/mol. The molecule has 5 rings (SSSR count). The van der Waals surface area contributed by atoms with E-state index in [9.17, 15) is 4.79 Å². The van der Waals surface area contributed by atoms with Crippen molar-refractivity contribution in [3.8, 4) is 28.7 Å². The van der Waals surface area contributed by atoms with Crippen molar-refractivity contribution in [3.05, 3.63) is 108 Å². The van der Waals surface area contributed by atoms with Crippen LogP contribution >= 0.6 is 0 Å². The van der Waals surface area contributed by atoms with Gasteiger partial charge in [-0.15, -0.1) is 0 Å². The zero-order chi connectivity index (χ0) is 26.3. The molecule has 0 saturated carbocycles. The van der Waals surface area contributed by atoms with Gasteiger partial charge in [-0.2, -0.15) is 5.26 Å². The normalized spacial score (nSPS) is 10.4. The molecule has 0 aromatic carbocycles. The van der Waals surface area contributed by atoms with Crippen LogP contribution in [0.2, 0.25) is 0 Å². The summed E-state index contributed by atoms with van der Waals surface area (Å²) in [5.74, 6) is 0.704. The number of anilines is 2. The predicted octanol–water partition coefficient (Wildman–Crippen LogP) is 4.24. The lowest BCUT2D eigenvalue weighted by Crippen LogP contribution is -2.23. The molecule has 5 aromatic heterocycles. The van der Waals surface area contributed by atoms with Crippen LogP contribution in [0, 0.1) is 18.3 Å². The largest absolute Gasteiger partial charge is 0.347 e. The van der Waals surface area contributed by atoms with E-state index >= 15 is 0 Å². The monoisotopic (exact) mass is 499 g/mol. The smallest absolute Gasteiger partial charge is 0.270 e. The van der Waals surface area contributed by atoms with E-state index in [0.29, 0.717) is 35.0 Å². The molecule has 0 fully saturated rings. The molecule has 0 aliphatic carbocycles. The van der Waals surface area contributed by atoms with Gasteiger partial charge >= 0.3 is 0 Å². The molecule has 0 spiro atoms. The highest BCUT2D eigenvalue weighted by Crippen LogP contribution is 2.21. The third kappa shape index (κ3) is 5.80. The SMILES string of the molecule is Cc1cc(Nc2cncc(C#N)c2)nc(-c2ccc(C(=O)NCc3ccc(-c4cccnc4)nc3)nc2)n1. The van der Waals surface area contributed by atoms with Crippen LogP contribution < -0.4 is 10.6 Å². The molecule has 0 atom stereocenters. The summed E-state index contributed by atoms with van der Waals surface area (Å²) in [6.45, 7) is 2.17. The molecule has 0 radical (unpaired) electrons. The summed E-state index contributed by atoms with van der Waals surface area (Å²) in [5, 5.41) is 15.1. The number of nitriles is 1. The Bertz CT molecular complexity index is 1610. The maximum Gasteiger partial charge on any atom is 0.270 e. The lowest BCUT2D eigenvalue weighted by molar-refractivity contribution is 0.0946. The van der Waals surface area contributed by atoms with E-state index in [1.165, 1.54) is 6.20 Å². The summed E-state index contributed by atoms with van der Waals surface area (Å²) in [6.07, 6.45) is 9.86. The van der Waals surface area contributed by atoms with Gasteiger partial charge in [-0.3, -0.25) is 24.7 Å². The number of aromatic nitrogens is 6. The molecular formula is C28H21N9O. The molecule has 38 heavy (non-hydrogen) atoms. The minimum absolute atomic E-state index is 0.277. The van der Waals surface area contributed by atoms with E-state index in [1.54, 1.807) is 55.2 Å². The van der Waals surface area contributed by atoms with E-state index in [0.717, 1.165) is 22.5 Å². The molecule has 1 amide bonds. The van der Waals surface area contributed by atoms with Gasteiger partial charge in [-0.25, -0.2) is 9.97 Å². The first-order valence-electron chi connectivity index (χ1n) is 11.7. The highest BCUT2D eigenvalue weighted by molar-refractivity contribution is 5.92. The Hall–Kier alpha value is -5.56. The second kappa shape index (κ2) is 11.0. The Morgan fingerprint density at radius 1 is 0.921 bits per heavy atom. The molecule has 2 N–H and O–H groups in total. The van der Waals surface area contributed by atoms with Crippen molar-refractivity contribution in [1.82, 2.24) is 35.2 Å². The third-order valence-electron chi connectivity index (χ3n) is 5.48. The van der Waals surface area contributed by atoms with Gasteiger partial charge in [0.25, 0.3) is 5.91 Å². The number of rotatable bonds is 7. The maximum absolute atomic E-state index is 12.6. The van der Waals surface area contributed by atoms with Crippen LogP contribution in [0.4, 0.5) is 11.5 Å². The van der Waals surface area contributed by atoms with Crippen LogP contribution in [-0.4, -0.2) is 35.8 Å². The first-order valence-corrected chi connectivity index (χ1v) is 11.7. The van der Waals surface area contributed by atoms with Gasteiger partial charge in [-0.1, -0.05) is 6.07 Å². The highest BCUT2D eigenvalue weighted by atomic mass is 16.1. The van der Waals surface area contributed by atoms with E-state index in [2.05, 4.69) is 46.6 Å². The van der Waals surface area contributed by atoms with Gasteiger partial charge in [0.2, 0.25) is 0 Å². The van der Waals surface area contributed by atoms with E-state index < -0.39 is 0 Å². The summed E-state index contributed by atoms with van der Waals surface area (Å²) in [4.78, 5) is 38.6. The summed E-state index contributed by atoms with van der Waals surface area (Å²) in [6, 6.07) is 16.5. The quantitative estimate of drug-likeness (QED) is 0.336. The Labute approximate surface area is 218 Å². The van der Waals surface area contributed by atoms with E-state index in [-0.39, 0.29) is 11.6 Å². The minimum atomic E-state index is -0.301. The first-order chi connectivity index (χ1) is 18.6. The molecule has 10 heteroatoms. The standard InChI is InChI=1S/C28H21N9O/c1-18-9-26(36-23-10-20(11-29)12-31-17-23)37-27(35-18)22-5-7-25(33-16-22)28(38)34-14-19-4-6-24(32-13-19)21-3-2-8-30-15-21/h2-10,12-13,15-17H,14H2,1H3,(H,34,38)(H,35,36,37). The summed E-state index contributed by atoms with van der Waals surface area (Å²) < 4.78 is 0. The van der Waals surface area contributed by atoms with Crippen LogP contribution in [0.1, 0.15) is 27.3 Å². The number of nitrogens with zero attached hydrogens (tertiary/aromatic N) is 7. The number of pyridine rings is 4. The fourth-order valence-corrected chi connectivity index (χ4v) is 3.63. The summed E-state index contributed by atoms with van der Waals surface area (Å²) in [5.41, 5.74) is 5.37. The number of hydrogen-bond donors (Lipinski definition) is 2. The zero-order valence-corrected chi connectivity index (χ0v) is 20.3. The molecule has 0 saturated heterocycles. The second-order valence-electron chi connectivity index (χ2n) is 8.33. The lowest BCUT2D eigenvalue weighted by atomic mass is 10.1. The Morgan fingerprint density at radius 3 is 2.58 bits per heavy atom. The number of carbonyl (C=O) groups excluding carboxylic acids is 1. The average Bonchev–Trinajstić information content (AvgIpc) is 2.96. The molecule has 5 aromatic rings. The van der Waals surface area contributed by atoms with Crippen molar-refractivity contribution < 1.29 is 4.79 Å². The van der Waals surface area contributed by atoms with Gasteiger partial charge in [0.1, 0.15) is 17.6 Å². The summed E-state index contributed by atoms with van der Waals surface area (Å²) in [7, 11) is 0. The van der Waals surface area contributed by atoms with Crippen molar-refractivity contribution >= 4 is 17.4 Å². The van der Waals surface area contributed by atoms with Gasteiger partial charge < -0.3 is 10.6 Å². The molecule has 0 aliphatic heterocycles. The van der Waals surface area contributed by atoms with Crippen molar-refractivity contribution in [1.29, 1.82) is 5.26 Å². The number of aryl methyl sites for hydroxylation is 1. The molecule has 0 bridgehead atoms. The summed E-state index contributed by atoms with van der Waals surface area (Å²) >= 11 is 0. The lowest BCUT2D eigenvalue weighted by Gasteiger charge is -2.09. The molecule has 0 unspecified atom stereocenters. The number of hydrogen-bond acceptors (Lipinski definition) is 9.